The molecule has 1 aliphatic carbocycles. The van der Waals surface area contributed by atoms with Crippen LogP contribution in [0.3, 0.4) is 0 Å². The Balaban J connectivity index is 1.12. The van der Waals surface area contributed by atoms with Crippen molar-refractivity contribution in [3.63, 3.8) is 0 Å². The number of anilines is 2. The fraction of sp³-hybridized carbons (Fsp3) is 0.594. The van der Waals surface area contributed by atoms with Gasteiger partial charge in [-0.1, -0.05) is 48.7 Å². The third-order valence-corrected chi connectivity index (χ3v) is 8.30. The molecule has 3 aromatic rings. The van der Waals surface area contributed by atoms with E-state index in [1.54, 1.807) is 0 Å². The van der Waals surface area contributed by atoms with Crippen LogP contribution < -0.4 is 26.2 Å². The molecule has 1 saturated carbocycles. The number of hydrogen-bond acceptors (Lipinski definition) is 9. The van der Waals surface area contributed by atoms with Crippen LogP contribution in [0.5, 0.6) is 0 Å². The van der Waals surface area contributed by atoms with Crippen LogP contribution >= 0.6 is 0 Å². The van der Waals surface area contributed by atoms with E-state index in [1.807, 2.05) is 47.4 Å². The number of nitrogens with one attached hydrogen (secondary N) is 4. The monoisotopic (exact) mass is 585 g/mol. The third-order valence-electron chi connectivity index (χ3n) is 8.30. The van der Waals surface area contributed by atoms with E-state index in [-0.39, 0.29) is 0 Å². The molecule has 11 nitrogen and oxygen atoms in total. The average molecular weight is 586 g/mol. The van der Waals surface area contributed by atoms with Crippen LogP contribution in [-0.4, -0.2) is 69.8 Å². The highest BCUT2D eigenvalue weighted by Gasteiger charge is 2.17. The second-order valence-electron chi connectivity index (χ2n) is 11.8. The molecule has 4 N–H and O–H groups in total. The van der Waals surface area contributed by atoms with Gasteiger partial charge in [-0.3, -0.25) is 4.68 Å². The molecule has 0 unspecified atom stereocenters. The van der Waals surface area contributed by atoms with Crippen molar-refractivity contribution in [2.75, 3.05) is 42.9 Å². The molecule has 1 saturated heterocycles. The largest absolute Gasteiger partial charge is 0.367 e. The second-order valence-corrected chi connectivity index (χ2v) is 11.8. The molecule has 43 heavy (non-hydrogen) atoms. The summed E-state index contributed by atoms with van der Waals surface area (Å²) in [5.74, 6) is 1.48. The highest BCUT2D eigenvalue weighted by atomic mass is 15.4. The van der Waals surface area contributed by atoms with Crippen LogP contribution in [0.4, 0.5) is 17.5 Å². The van der Waals surface area contributed by atoms with Gasteiger partial charge in [-0.05, 0) is 82.9 Å². The van der Waals surface area contributed by atoms with E-state index < -0.39 is 0 Å². The van der Waals surface area contributed by atoms with Gasteiger partial charge in [-0.25, -0.2) is 9.83 Å². The fourth-order valence-electron chi connectivity index (χ4n) is 5.88. The van der Waals surface area contributed by atoms with Crippen molar-refractivity contribution in [2.45, 2.75) is 89.5 Å². The summed E-state index contributed by atoms with van der Waals surface area (Å²) in [6, 6.07) is 10.8. The van der Waals surface area contributed by atoms with Gasteiger partial charge < -0.3 is 26.2 Å². The van der Waals surface area contributed by atoms with Gasteiger partial charge in [-0.15, -0.1) is 5.10 Å². The van der Waals surface area contributed by atoms with E-state index in [4.69, 9.17) is 11.6 Å². The van der Waals surface area contributed by atoms with Crippen LogP contribution in [0.25, 0.3) is 4.85 Å². The first kappa shape index (κ1) is 30.9. The molecule has 5 rings (SSSR count). The molecule has 1 aromatic carbocycles. The van der Waals surface area contributed by atoms with Gasteiger partial charge in [0.25, 0.3) is 0 Å². The van der Waals surface area contributed by atoms with Crippen molar-refractivity contribution in [2.24, 2.45) is 0 Å². The Morgan fingerprint density at radius 3 is 2.56 bits per heavy atom. The summed E-state index contributed by atoms with van der Waals surface area (Å²) in [7, 11) is 0. The Labute approximate surface area is 256 Å². The SMILES string of the molecule is [C-]#[N+]c1ccc(CN(Cc2cn(CCCNCCCNC3CCCCC3)nn2)c2nccc(NC3CCNCC3)n2)cc1. The quantitative estimate of drug-likeness (QED) is 0.145. The summed E-state index contributed by atoms with van der Waals surface area (Å²) in [4.78, 5) is 15.2. The van der Waals surface area contributed by atoms with Gasteiger partial charge in [0.2, 0.25) is 5.95 Å². The lowest BCUT2D eigenvalue weighted by Gasteiger charge is -2.25. The maximum Gasteiger partial charge on any atom is 0.227 e. The molecule has 0 spiro atoms. The standard InChI is InChI=1S/C32H47N11/c1-33-27-11-9-26(10-12-27)23-42(32-37-21-15-31(39-32)38-29-13-19-35-20-14-29)24-30-25-43(41-40-30)22-6-17-34-16-5-18-36-28-7-3-2-4-8-28/h9-12,15,21,25,28-29,34-36H,2-8,13-14,16-20,22-24H2,(H,37,38,39). The average Bonchev–Trinajstić information content (AvgIpc) is 3.50. The minimum atomic E-state index is 0.409. The number of rotatable bonds is 16. The molecule has 230 valence electrons. The highest BCUT2D eigenvalue weighted by Crippen LogP contribution is 2.21. The molecule has 0 atom stereocenters. The van der Waals surface area contributed by atoms with Crippen molar-refractivity contribution in [1.82, 2.24) is 40.9 Å². The zero-order valence-electron chi connectivity index (χ0n) is 25.3. The van der Waals surface area contributed by atoms with Crippen molar-refractivity contribution in [1.29, 1.82) is 0 Å². The lowest BCUT2D eigenvalue weighted by molar-refractivity contribution is 0.371. The van der Waals surface area contributed by atoms with Crippen molar-refractivity contribution in [3.05, 3.63) is 65.4 Å². The Morgan fingerprint density at radius 2 is 1.74 bits per heavy atom. The third kappa shape index (κ3) is 10.3. The predicted molar refractivity (Wildman–Crippen MR) is 171 cm³/mol. The van der Waals surface area contributed by atoms with Gasteiger partial charge >= 0.3 is 0 Å². The molecule has 11 heteroatoms. The smallest absolute Gasteiger partial charge is 0.227 e. The van der Waals surface area contributed by atoms with Gasteiger partial charge in [-0.2, -0.15) is 4.98 Å². The minimum absolute atomic E-state index is 0.409. The van der Waals surface area contributed by atoms with Crippen molar-refractivity contribution in [3.8, 4) is 0 Å². The van der Waals surface area contributed by atoms with Crippen LogP contribution in [0.1, 0.15) is 69.0 Å². The van der Waals surface area contributed by atoms with Crippen LogP contribution in [0.2, 0.25) is 0 Å². The Morgan fingerprint density at radius 1 is 0.930 bits per heavy atom. The van der Waals surface area contributed by atoms with Gasteiger partial charge in [0, 0.05) is 31.4 Å². The molecule has 0 radical (unpaired) electrons. The maximum absolute atomic E-state index is 7.26. The van der Waals surface area contributed by atoms with E-state index >= 15 is 0 Å². The normalized spacial score (nSPS) is 16.2. The number of hydrogen-bond donors (Lipinski definition) is 4. The Hall–Kier alpha value is -3.59. The van der Waals surface area contributed by atoms with Crippen molar-refractivity contribution < 1.29 is 0 Å². The van der Waals surface area contributed by atoms with E-state index in [1.165, 1.54) is 32.1 Å². The van der Waals surface area contributed by atoms with Crippen LogP contribution in [-0.2, 0) is 19.6 Å². The zero-order chi connectivity index (χ0) is 29.5. The molecule has 2 fully saturated rings. The molecule has 2 aromatic heterocycles. The summed E-state index contributed by atoms with van der Waals surface area (Å²) in [5.41, 5.74) is 2.59. The zero-order valence-corrected chi connectivity index (χ0v) is 25.3. The molecule has 3 heterocycles. The van der Waals surface area contributed by atoms with Crippen LogP contribution in [0, 0.1) is 6.57 Å². The predicted octanol–water partition coefficient (Wildman–Crippen LogP) is 4.28. The molecule has 2 aliphatic rings. The lowest BCUT2D eigenvalue weighted by atomic mass is 9.95. The number of benzene rings is 1. The Bertz CT molecular complexity index is 1260. The van der Waals surface area contributed by atoms with Crippen LogP contribution in [0.15, 0.2) is 42.7 Å². The summed E-state index contributed by atoms with van der Waals surface area (Å²) in [5, 5.41) is 23.2. The molecule has 0 amide bonds. The first-order chi connectivity index (χ1) is 21.2. The number of nitrogens with zero attached hydrogens (tertiary/aromatic N) is 7. The van der Waals surface area contributed by atoms with Gasteiger partial charge in [0.1, 0.15) is 11.5 Å². The molecular formula is C32H47N11. The number of piperidine rings is 1. The van der Waals surface area contributed by atoms with E-state index in [0.29, 0.717) is 30.8 Å². The number of aromatic nitrogens is 5. The topological polar surface area (TPSA) is 112 Å². The van der Waals surface area contributed by atoms with Crippen molar-refractivity contribution >= 4 is 17.5 Å². The first-order valence-electron chi connectivity index (χ1n) is 16.1. The summed E-state index contributed by atoms with van der Waals surface area (Å²) >= 11 is 0. The second kappa shape index (κ2) is 16.9. The minimum Gasteiger partial charge on any atom is -0.367 e. The van der Waals surface area contributed by atoms with Gasteiger partial charge in [0.05, 0.1) is 19.3 Å². The Kier molecular flexibility index (Phi) is 12.1. The molecular weight excluding hydrogens is 538 g/mol. The first-order valence-corrected chi connectivity index (χ1v) is 16.1. The maximum atomic E-state index is 7.26. The summed E-state index contributed by atoms with van der Waals surface area (Å²) < 4.78 is 1.93. The van der Waals surface area contributed by atoms with E-state index in [9.17, 15) is 0 Å². The number of aryl methyl sites for hydroxylation is 1. The van der Waals surface area contributed by atoms with E-state index in [0.717, 1.165) is 88.1 Å². The summed E-state index contributed by atoms with van der Waals surface area (Å²) in [6.07, 6.45) is 15.0. The molecule has 1 aliphatic heterocycles. The fourth-order valence-corrected chi connectivity index (χ4v) is 5.88. The highest BCUT2D eigenvalue weighted by molar-refractivity contribution is 5.47. The van der Waals surface area contributed by atoms with E-state index in [2.05, 4.69) is 46.3 Å². The lowest BCUT2D eigenvalue weighted by Crippen LogP contribution is -2.35. The summed E-state index contributed by atoms with van der Waals surface area (Å²) in [6.45, 7) is 14.4. The van der Waals surface area contributed by atoms with Gasteiger partial charge in [0.15, 0.2) is 5.69 Å². The molecule has 0 bridgehead atoms.